The number of rotatable bonds is 4. The van der Waals surface area contributed by atoms with Crippen LogP contribution in [0.2, 0.25) is 0 Å². The smallest absolute Gasteiger partial charge is 0.226 e. The third kappa shape index (κ3) is 3.23. The largest absolute Gasteiger partial charge is 0.469 e. The predicted molar refractivity (Wildman–Crippen MR) is 89.6 cm³/mol. The number of ketones is 1. The standard InChI is InChI=1S/C20H20FNO3/c21-15-7-5-13(6-8-15)19(23)14-3-1-9-22(12-14)20(24)17-11-16(17)18-4-2-10-25-18/h2,4-8,10,14,16-17H,1,3,9,11-12H2/t14-,16-,17-/m1/s1. The lowest BCUT2D eigenvalue weighted by Gasteiger charge is -2.32. The molecule has 4 nitrogen and oxygen atoms in total. The molecule has 0 N–H and O–H groups in total. The molecule has 0 spiro atoms. The van der Waals surface area contributed by atoms with Gasteiger partial charge in [0.2, 0.25) is 5.91 Å². The van der Waals surface area contributed by atoms with Crippen LogP contribution in [0.25, 0.3) is 0 Å². The third-order valence-corrected chi connectivity index (χ3v) is 5.25. The topological polar surface area (TPSA) is 50.5 Å². The van der Waals surface area contributed by atoms with E-state index >= 15 is 0 Å². The Labute approximate surface area is 145 Å². The number of likely N-dealkylation sites (tertiary alicyclic amines) is 1. The maximum Gasteiger partial charge on any atom is 0.226 e. The SMILES string of the molecule is O=C(c1ccc(F)cc1)[C@@H]1CCCN(C(=O)[C@@H]2C[C@H]2c2ccco2)C1. The van der Waals surface area contributed by atoms with Crippen LogP contribution in [0.1, 0.15) is 41.3 Å². The van der Waals surface area contributed by atoms with Crippen molar-refractivity contribution < 1.29 is 18.4 Å². The van der Waals surface area contributed by atoms with Gasteiger partial charge < -0.3 is 9.32 Å². The number of Topliss-reactive ketones (excluding diaryl/α,β-unsaturated/α-hetero) is 1. The molecule has 2 fully saturated rings. The fourth-order valence-electron chi connectivity index (χ4n) is 3.76. The molecule has 130 valence electrons. The fourth-order valence-corrected chi connectivity index (χ4v) is 3.76. The highest BCUT2D eigenvalue weighted by Crippen LogP contribution is 2.48. The van der Waals surface area contributed by atoms with Crippen molar-refractivity contribution in [3.8, 4) is 0 Å². The molecule has 5 heteroatoms. The van der Waals surface area contributed by atoms with Gasteiger partial charge in [0.25, 0.3) is 0 Å². The van der Waals surface area contributed by atoms with E-state index in [0.29, 0.717) is 18.7 Å². The predicted octanol–water partition coefficient (Wildman–Crippen LogP) is 3.64. The van der Waals surface area contributed by atoms with Crippen molar-refractivity contribution in [3.05, 3.63) is 59.8 Å². The van der Waals surface area contributed by atoms with E-state index in [9.17, 15) is 14.0 Å². The molecule has 0 unspecified atom stereocenters. The van der Waals surface area contributed by atoms with Crippen molar-refractivity contribution >= 4 is 11.7 Å². The fraction of sp³-hybridized carbons (Fsp3) is 0.400. The average molecular weight is 341 g/mol. The average Bonchev–Trinajstić information content (AvgIpc) is 3.25. The van der Waals surface area contributed by atoms with Gasteiger partial charge in [0.15, 0.2) is 5.78 Å². The molecule has 1 saturated heterocycles. The van der Waals surface area contributed by atoms with Crippen molar-refractivity contribution in [1.82, 2.24) is 4.90 Å². The van der Waals surface area contributed by atoms with E-state index in [0.717, 1.165) is 25.0 Å². The van der Waals surface area contributed by atoms with Gasteiger partial charge in [-0.2, -0.15) is 0 Å². The van der Waals surface area contributed by atoms with Gasteiger partial charge in [0, 0.05) is 36.4 Å². The Kier molecular flexibility index (Phi) is 4.15. The first-order chi connectivity index (χ1) is 12.1. The highest BCUT2D eigenvalue weighted by Gasteiger charge is 2.48. The second-order valence-corrected chi connectivity index (χ2v) is 6.96. The highest BCUT2D eigenvalue weighted by atomic mass is 19.1. The minimum absolute atomic E-state index is 0.00381. The van der Waals surface area contributed by atoms with Crippen LogP contribution < -0.4 is 0 Å². The summed E-state index contributed by atoms with van der Waals surface area (Å²) in [7, 11) is 0. The van der Waals surface area contributed by atoms with E-state index < -0.39 is 0 Å². The van der Waals surface area contributed by atoms with Crippen LogP contribution in [-0.2, 0) is 4.79 Å². The molecule has 3 atom stereocenters. The molecule has 2 heterocycles. The molecule has 1 aliphatic carbocycles. The van der Waals surface area contributed by atoms with E-state index in [4.69, 9.17) is 4.42 Å². The first kappa shape index (κ1) is 16.1. The minimum atomic E-state index is -0.352. The molecule has 1 aliphatic heterocycles. The maximum atomic E-state index is 13.0. The highest BCUT2D eigenvalue weighted by molar-refractivity contribution is 5.98. The molecule has 0 radical (unpaired) electrons. The lowest BCUT2D eigenvalue weighted by atomic mass is 9.89. The second kappa shape index (κ2) is 6.47. The summed E-state index contributed by atoms with van der Waals surface area (Å²) in [5.74, 6) is 0.586. The zero-order chi connectivity index (χ0) is 17.4. The Morgan fingerprint density at radius 1 is 1.16 bits per heavy atom. The summed E-state index contributed by atoms with van der Waals surface area (Å²) < 4.78 is 18.4. The molecule has 1 aromatic carbocycles. The number of furan rings is 1. The van der Waals surface area contributed by atoms with Crippen LogP contribution in [0.3, 0.4) is 0 Å². The Hall–Kier alpha value is -2.43. The monoisotopic (exact) mass is 341 g/mol. The van der Waals surface area contributed by atoms with E-state index in [1.54, 1.807) is 6.26 Å². The molecule has 1 amide bonds. The maximum absolute atomic E-state index is 13.0. The number of nitrogens with zero attached hydrogens (tertiary/aromatic N) is 1. The van der Waals surface area contributed by atoms with Gasteiger partial charge in [0.1, 0.15) is 11.6 Å². The second-order valence-electron chi connectivity index (χ2n) is 6.96. The lowest BCUT2D eigenvalue weighted by Crippen LogP contribution is -2.43. The summed E-state index contributed by atoms with van der Waals surface area (Å²) in [6.07, 6.45) is 4.04. The van der Waals surface area contributed by atoms with Crippen LogP contribution >= 0.6 is 0 Å². The Morgan fingerprint density at radius 2 is 1.96 bits per heavy atom. The summed E-state index contributed by atoms with van der Waals surface area (Å²) in [6, 6.07) is 9.40. The van der Waals surface area contributed by atoms with Crippen molar-refractivity contribution in [2.75, 3.05) is 13.1 Å². The number of hydrogen-bond donors (Lipinski definition) is 0. The van der Waals surface area contributed by atoms with Crippen LogP contribution in [-0.4, -0.2) is 29.7 Å². The summed E-state index contributed by atoms with van der Waals surface area (Å²) in [4.78, 5) is 27.2. The Bertz CT molecular complexity index is 769. The van der Waals surface area contributed by atoms with Gasteiger partial charge in [-0.05, 0) is 55.7 Å². The molecule has 2 aromatic rings. The number of carbonyl (C=O) groups excluding carboxylic acids is 2. The van der Waals surface area contributed by atoms with Crippen LogP contribution in [0.4, 0.5) is 4.39 Å². The summed E-state index contributed by atoms with van der Waals surface area (Å²) in [6.45, 7) is 1.16. The normalized spacial score (nSPS) is 25.6. The van der Waals surface area contributed by atoms with Crippen molar-refractivity contribution in [1.29, 1.82) is 0 Å². The van der Waals surface area contributed by atoms with E-state index in [1.807, 2.05) is 17.0 Å². The number of halogens is 1. The zero-order valence-electron chi connectivity index (χ0n) is 13.9. The van der Waals surface area contributed by atoms with Crippen molar-refractivity contribution in [3.63, 3.8) is 0 Å². The van der Waals surface area contributed by atoms with Gasteiger partial charge in [-0.25, -0.2) is 4.39 Å². The minimum Gasteiger partial charge on any atom is -0.469 e. The van der Waals surface area contributed by atoms with Crippen LogP contribution in [0.5, 0.6) is 0 Å². The molecular weight excluding hydrogens is 321 g/mol. The van der Waals surface area contributed by atoms with E-state index in [1.165, 1.54) is 24.3 Å². The molecule has 2 aliphatic rings. The zero-order valence-corrected chi connectivity index (χ0v) is 13.9. The van der Waals surface area contributed by atoms with Crippen LogP contribution in [0, 0.1) is 17.7 Å². The summed E-state index contributed by atoms with van der Waals surface area (Å²) in [5.41, 5.74) is 0.514. The van der Waals surface area contributed by atoms with Crippen molar-refractivity contribution in [2.45, 2.75) is 25.2 Å². The first-order valence-electron chi connectivity index (χ1n) is 8.75. The molecule has 25 heavy (non-hydrogen) atoms. The molecule has 1 saturated carbocycles. The Morgan fingerprint density at radius 3 is 2.68 bits per heavy atom. The van der Waals surface area contributed by atoms with Gasteiger partial charge in [0.05, 0.1) is 6.26 Å². The lowest BCUT2D eigenvalue weighted by molar-refractivity contribution is -0.134. The summed E-state index contributed by atoms with van der Waals surface area (Å²) >= 11 is 0. The van der Waals surface area contributed by atoms with Crippen LogP contribution in [0.15, 0.2) is 47.1 Å². The molecular formula is C20H20FNO3. The molecule has 0 bridgehead atoms. The van der Waals surface area contributed by atoms with Crippen molar-refractivity contribution in [2.24, 2.45) is 11.8 Å². The number of piperidine rings is 1. The van der Waals surface area contributed by atoms with Gasteiger partial charge >= 0.3 is 0 Å². The number of amides is 1. The number of benzene rings is 1. The number of carbonyl (C=O) groups is 2. The van der Waals surface area contributed by atoms with E-state index in [-0.39, 0.29) is 35.3 Å². The van der Waals surface area contributed by atoms with Gasteiger partial charge in [-0.1, -0.05) is 0 Å². The van der Waals surface area contributed by atoms with E-state index in [2.05, 4.69) is 0 Å². The third-order valence-electron chi connectivity index (χ3n) is 5.25. The Balaban J connectivity index is 1.40. The summed E-state index contributed by atoms with van der Waals surface area (Å²) in [5, 5.41) is 0. The number of hydrogen-bond acceptors (Lipinski definition) is 3. The molecule has 4 rings (SSSR count). The molecule has 1 aromatic heterocycles. The first-order valence-corrected chi connectivity index (χ1v) is 8.75. The van der Waals surface area contributed by atoms with Gasteiger partial charge in [-0.15, -0.1) is 0 Å². The quantitative estimate of drug-likeness (QED) is 0.798. The van der Waals surface area contributed by atoms with Gasteiger partial charge in [-0.3, -0.25) is 9.59 Å².